The molecule has 0 bridgehead atoms. The highest BCUT2D eigenvalue weighted by Crippen LogP contribution is 2.16. The zero-order chi connectivity index (χ0) is 13.9. The molecule has 20 heavy (non-hydrogen) atoms. The zero-order valence-electron chi connectivity index (χ0n) is 10.3. The summed E-state index contributed by atoms with van der Waals surface area (Å²) in [5, 5.41) is 8.57. The van der Waals surface area contributed by atoms with E-state index in [1.807, 2.05) is 12.3 Å². The van der Waals surface area contributed by atoms with E-state index in [2.05, 4.69) is 30.4 Å². The number of nitrogens with one attached hydrogen (secondary N) is 1. The Morgan fingerprint density at radius 1 is 1.35 bits per heavy atom. The maximum absolute atomic E-state index is 11.9. The lowest BCUT2D eigenvalue weighted by Gasteiger charge is -1.94. The van der Waals surface area contributed by atoms with Crippen molar-refractivity contribution in [1.82, 2.24) is 25.1 Å². The predicted octanol–water partition coefficient (Wildman–Crippen LogP) is 1.54. The molecule has 3 aromatic heterocycles. The van der Waals surface area contributed by atoms with Crippen molar-refractivity contribution in [1.29, 1.82) is 0 Å². The third kappa shape index (κ3) is 2.52. The third-order valence-corrected chi connectivity index (χ3v) is 3.13. The molecule has 1 N–H and O–H groups in total. The van der Waals surface area contributed by atoms with Crippen molar-refractivity contribution in [3.63, 3.8) is 0 Å². The first-order valence-electron chi connectivity index (χ1n) is 5.56. The fourth-order valence-corrected chi connectivity index (χ4v) is 2.08. The molecule has 0 unspecified atom stereocenters. The topological polar surface area (TPSA) is 107 Å². The quantitative estimate of drug-likeness (QED) is 0.779. The lowest BCUT2D eigenvalue weighted by Crippen LogP contribution is -2.12. The Hall–Kier alpha value is -2.68. The Morgan fingerprint density at radius 2 is 2.25 bits per heavy atom. The van der Waals surface area contributed by atoms with Gasteiger partial charge in [0.25, 0.3) is 0 Å². The Morgan fingerprint density at radius 3 is 2.95 bits per heavy atom. The van der Waals surface area contributed by atoms with Gasteiger partial charge in [-0.15, -0.1) is 11.3 Å². The van der Waals surface area contributed by atoms with E-state index in [0.717, 1.165) is 5.69 Å². The molecule has 0 fully saturated rings. The normalized spacial score (nSPS) is 10.4. The van der Waals surface area contributed by atoms with Crippen LogP contribution < -0.4 is 5.32 Å². The van der Waals surface area contributed by atoms with Crippen LogP contribution in [0.5, 0.6) is 0 Å². The third-order valence-electron chi connectivity index (χ3n) is 2.25. The number of rotatable bonds is 3. The minimum absolute atomic E-state index is 0.154. The van der Waals surface area contributed by atoms with Crippen molar-refractivity contribution in [2.24, 2.45) is 0 Å². The summed E-state index contributed by atoms with van der Waals surface area (Å²) in [6.07, 6.45) is 4.52. The first-order valence-corrected chi connectivity index (χ1v) is 6.44. The van der Waals surface area contributed by atoms with Gasteiger partial charge in [-0.1, -0.05) is 5.16 Å². The van der Waals surface area contributed by atoms with Crippen LogP contribution in [0.3, 0.4) is 0 Å². The lowest BCUT2D eigenvalue weighted by molar-refractivity contribution is 0.0981. The second-order valence-corrected chi connectivity index (χ2v) is 4.62. The Labute approximate surface area is 116 Å². The van der Waals surface area contributed by atoms with Crippen LogP contribution >= 0.6 is 11.3 Å². The summed E-state index contributed by atoms with van der Waals surface area (Å²) >= 11 is 1.32. The van der Waals surface area contributed by atoms with Gasteiger partial charge in [0.05, 0.1) is 11.9 Å². The average molecular weight is 288 g/mol. The summed E-state index contributed by atoms with van der Waals surface area (Å²) in [6.45, 7) is 1.84. The maximum atomic E-state index is 11.9. The second-order valence-electron chi connectivity index (χ2n) is 3.76. The molecule has 0 aliphatic heterocycles. The minimum Gasteiger partial charge on any atom is -0.328 e. The van der Waals surface area contributed by atoms with E-state index in [1.165, 1.54) is 29.9 Å². The van der Waals surface area contributed by atoms with Gasteiger partial charge in [0.1, 0.15) is 5.69 Å². The van der Waals surface area contributed by atoms with Crippen LogP contribution in [-0.4, -0.2) is 31.0 Å². The number of hydrogen-bond donors (Lipinski definition) is 1. The van der Waals surface area contributed by atoms with Crippen LogP contribution in [0, 0.1) is 6.92 Å². The van der Waals surface area contributed by atoms with Gasteiger partial charge in [-0.05, 0) is 6.92 Å². The molecule has 0 radical (unpaired) electrons. The molecule has 1 amide bonds. The van der Waals surface area contributed by atoms with Crippen LogP contribution in [0.2, 0.25) is 0 Å². The molecule has 9 heteroatoms. The second kappa shape index (κ2) is 5.13. The van der Waals surface area contributed by atoms with Crippen LogP contribution in [0.15, 0.2) is 28.5 Å². The highest BCUT2D eigenvalue weighted by molar-refractivity contribution is 7.13. The molecule has 0 saturated heterocycles. The number of nitrogens with zero attached hydrogens (tertiary/aromatic N) is 5. The van der Waals surface area contributed by atoms with Crippen LogP contribution in [0.25, 0.3) is 11.5 Å². The van der Waals surface area contributed by atoms with Gasteiger partial charge >= 0.3 is 11.8 Å². The van der Waals surface area contributed by atoms with E-state index in [-0.39, 0.29) is 11.7 Å². The van der Waals surface area contributed by atoms with Crippen LogP contribution in [0.4, 0.5) is 5.13 Å². The summed E-state index contributed by atoms with van der Waals surface area (Å²) in [7, 11) is 0. The van der Waals surface area contributed by atoms with E-state index < -0.39 is 5.91 Å². The van der Waals surface area contributed by atoms with Gasteiger partial charge < -0.3 is 4.52 Å². The molecule has 0 aliphatic rings. The summed E-state index contributed by atoms with van der Waals surface area (Å²) in [5.41, 5.74) is 1.26. The zero-order valence-corrected chi connectivity index (χ0v) is 11.1. The molecule has 3 rings (SSSR count). The van der Waals surface area contributed by atoms with E-state index in [9.17, 15) is 4.79 Å². The highest BCUT2D eigenvalue weighted by Gasteiger charge is 2.17. The lowest BCUT2D eigenvalue weighted by atomic mass is 10.4. The number of thiazole rings is 1. The molecule has 0 saturated carbocycles. The van der Waals surface area contributed by atoms with Crippen molar-refractivity contribution in [2.75, 3.05) is 5.32 Å². The Balaban J connectivity index is 1.78. The molecule has 0 atom stereocenters. The van der Waals surface area contributed by atoms with Crippen molar-refractivity contribution >= 4 is 22.4 Å². The monoisotopic (exact) mass is 288 g/mol. The summed E-state index contributed by atoms with van der Waals surface area (Å²) < 4.78 is 4.90. The summed E-state index contributed by atoms with van der Waals surface area (Å²) in [4.78, 5) is 27.9. The van der Waals surface area contributed by atoms with Crippen LogP contribution in [-0.2, 0) is 0 Å². The number of carbonyl (C=O) groups excluding carboxylic acids is 1. The molecular formula is C11H8N6O2S. The molecule has 100 valence electrons. The number of carbonyl (C=O) groups is 1. The van der Waals surface area contributed by atoms with Gasteiger partial charge in [-0.2, -0.15) is 4.98 Å². The number of amides is 1. The minimum atomic E-state index is -0.512. The summed E-state index contributed by atoms with van der Waals surface area (Å²) in [6, 6.07) is 0. The number of aryl methyl sites for hydroxylation is 1. The van der Waals surface area contributed by atoms with Crippen molar-refractivity contribution in [3.05, 3.63) is 35.6 Å². The standard InChI is InChI=1S/C11H8N6O2S/c1-6-5-20-11(14-6)16-9(18)10-15-8(17-19-10)7-4-12-2-3-13-7/h2-5H,1H3,(H,14,16,18). The van der Waals surface area contributed by atoms with Crippen molar-refractivity contribution < 1.29 is 9.32 Å². The van der Waals surface area contributed by atoms with E-state index in [0.29, 0.717) is 10.8 Å². The first-order chi connectivity index (χ1) is 9.72. The Bertz CT molecular complexity index is 738. The SMILES string of the molecule is Cc1csc(NC(=O)c2nc(-c3cnccn3)no2)n1. The van der Waals surface area contributed by atoms with Gasteiger partial charge in [0.15, 0.2) is 5.13 Å². The van der Waals surface area contributed by atoms with E-state index in [1.54, 1.807) is 0 Å². The molecule has 3 heterocycles. The highest BCUT2D eigenvalue weighted by atomic mass is 32.1. The fraction of sp³-hybridized carbons (Fsp3) is 0.0909. The number of anilines is 1. The maximum Gasteiger partial charge on any atom is 0.316 e. The summed E-state index contributed by atoms with van der Waals surface area (Å²) in [5.74, 6) is -0.459. The van der Waals surface area contributed by atoms with Gasteiger partial charge in [-0.3, -0.25) is 15.1 Å². The van der Waals surface area contributed by atoms with E-state index >= 15 is 0 Å². The predicted molar refractivity (Wildman–Crippen MR) is 70.1 cm³/mol. The first kappa shape index (κ1) is 12.4. The fourth-order valence-electron chi connectivity index (χ4n) is 1.40. The number of hydrogen-bond acceptors (Lipinski definition) is 8. The van der Waals surface area contributed by atoms with Gasteiger partial charge in [-0.25, -0.2) is 9.97 Å². The largest absolute Gasteiger partial charge is 0.328 e. The average Bonchev–Trinajstić information content (AvgIpc) is 3.09. The molecule has 0 aliphatic carbocycles. The van der Waals surface area contributed by atoms with Gasteiger partial charge in [0.2, 0.25) is 5.82 Å². The van der Waals surface area contributed by atoms with E-state index in [4.69, 9.17) is 4.52 Å². The number of aromatic nitrogens is 5. The molecular weight excluding hydrogens is 280 g/mol. The molecule has 8 nitrogen and oxygen atoms in total. The molecule has 0 spiro atoms. The van der Waals surface area contributed by atoms with Crippen molar-refractivity contribution in [2.45, 2.75) is 6.92 Å². The van der Waals surface area contributed by atoms with Gasteiger partial charge in [0, 0.05) is 17.8 Å². The molecule has 0 aromatic carbocycles. The molecule has 3 aromatic rings. The van der Waals surface area contributed by atoms with Crippen molar-refractivity contribution in [3.8, 4) is 11.5 Å². The Kier molecular flexibility index (Phi) is 3.17. The smallest absolute Gasteiger partial charge is 0.316 e. The van der Waals surface area contributed by atoms with Crippen LogP contribution in [0.1, 0.15) is 16.4 Å².